The first-order chi connectivity index (χ1) is 8.38. The van der Waals surface area contributed by atoms with Crippen molar-refractivity contribution >= 4 is 0 Å². The van der Waals surface area contributed by atoms with Gasteiger partial charge in [-0.05, 0) is 18.8 Å². The topological polar surface area (TPSA) is 27.6 Å². The first-order valence-corrected chi connectivity index (χ1v) is 8.17. The van der Waals surface area contributed by atoms with Crippen molar-refractivity contribution in [1.82, 2.24) is 0 Å². The summed E-state index contributed by atoms with van der Waals surface area (Å²) in [5.41, 5.74) is 4.00. The maximum absolute atomic E-state index is 4.00. The molecule has 1 aliphatic carbocycles. The Hall–Kier alpha value is 0.440. The third kappa shape index (κ3) is 9.38. The average molecular weight is 320 g/mol. The Balaban J connectivity index is 0.00000289. The second-order valence-corrected chi connectivity index (χ2v) is 6.02. The van der Waals surface area contributed by atoms with E-state index in [4.69, 9.17) is 0 Å². The Kier molecular flexibility index (Phi) is 12.8. The molecule has 0 bridgehead atoms. The first kappa shape index (κ1) is 18.4. The highest BCUT2D eigenvalue weighted by Crippen LogP contribution is 2.41. The minimum atomic E-state index is 0. The molecule has 2 unspecified atom stereocenters. The number of rotatable bonds is 12. The van der Waals surface area contributed by atoms with Crippen molar-refractivity contribution in [3.8, 4) is 0 Å². The van der Waals surface area contributed by atoms with Crippen molar-refractivity contribution in [2.24, 2.45) is 11.8 Å². The molecule has 1 fully saturated rings. The summed E-state index contributed by atoms with van der Waals surface area (Å²) in [6.07, 6.45) is 17.6. The second-order valence-electron chi connectivity index (χ2n) is 6.02. The van der Waals surface area contributed by atoms with Gasteiger partial charge in [-0.15, -0.1) is 0 Å². The lowest BCUT2D eigenvalue weighted by Gasteiger charge is -2.02. The quantitative estimate of drug-likeness (QED) is 0.523. The van der Waals surface area contributed by atoms with E-state index < -0.39 is 0 Å². The highest BCUT2D eigenvalue weighted by atomic mass is 79.9. The van der Waals surface area contributed by atoms with Crippen LogP contribution in [0.4, 0.5) is 0 Å². The van der Waals surface area contributed by atoms with Crippen LogP contribution in [0.3, 0.4) is 0 Å². The van der Waals surface area contributed by atoms with E-state index in [0.717, 1.165) is 11.8 Å². The molecule has 0 amide bonds. The maximum atomic E-state index is 4.00. The molecular weight excluding hydrogens is 286 g/mol. The molecule has 0 aromatic heterocycles. The van der Waals surface area contributed by atoms with Gasteiger partial charge in [-0.25, -0.2) is 0 Å². The molecule has 1 nitrogen and oxygen atoms in total. The standard InChI is InChI=1S/C16H33N.BrH/c1-2-3-4-5-6-7-8-9-10-11-12-15-13-16(15)14-17;/h15-16H,2-14,17H2,1H3;1H. The van der Waals surface area contributed by atoms with E-state index in [1.807, 2.05) is 0 Å². The van der Waals surface area contributed by atoms with Gasteiger partial charge in [0.2, 0.25) is 0 Å². The number of halogens is 1. The lowest BCUT2D eigenvalue weighted by molar-refractivity contribution is -0.373. The molecule has 0 aromatic carbocycles. The normalized spacial score (nSPS) is 21.7. The largest absolute Gasteiger partial charge is 1.00 e. The van der Waals surface area contributed by atoms with Crippen molar-refractivity contribution in [2.45, 2.75) is 84.0 Å². The Labute approximate surface area is 125 Å². The number of quaternary nitrogens is 1. The van der Waals surface area contributed by atoms with Gasteiger partial charge < -0.3 is 22.7 Å². The molecule has 110 valence electrons. The number of hydrogen-bond acceptors (Lipinski definition) is 0. The van der Waals surface area contributed by atoms with Crippen molar-refractivity contribution in [3.63, 3.8) is 0 Å². The first-order valence-electron chi connectivity index (χ1n) is 8.17. The fourth-order valence-electron chi connectivity index (χ4n) is 2.91. The summed E-state index contributed by atoms with van der Waals surface area (Å²) in [5.74, 6) is 2.08. The smallest absolute Gasteiger partial charge is 0.0771 e. The predicted octanol–water partition coefficient (Wildman–Crippen LogP) is 1.18. The van der Waals surface area contributed by atoms with Gasteiger partial charge in [-0.1, -0.05) is 71.1 Å². The fourth-order valence-corrected chi connectivity index (χ4v) is 2.91. The van der Waals surface area contributed by atoms with Crippen LogP contribution in [0.25, 0.3) is 0 Å². The van der Waals surface area contributed by atoms with Crippen LogP contribution in [0.2, 0.25) is 0 Å². The van der Waals surface area contributed by atoms with E-state index in [2.05, 4.69) is 12.7 Å². The predicted molar refractivity (Wildman–Crippen MR) is 75.8 cm³/mol. The number of hydrogen-bond donors (Lipinski definition) is 1. The van der Waals surface area contributed by atoms with Gasteiger partial charge in [0.05, 0.1) is 6.54 Å². The number of unbranched alkanes of at least 4 members (excludes halogenated alkanes) is 9. The second kappa shape index (κ2) is 12.5. The van der Waals surface area contributed by atoms with Crippen LogP contribution in [-0.2, 0) is 0 Å². The zero-order valence-electron chi connectivity index (χ0n) is 12.4. The fraction of sp³-hybridized carbons (Fsp3) is 1.00. The third-order valence-electron chi connectivity index (χ3n) is 4.37. The minimum Gasteiger partial charge on any atom is -1.00 e. The van der Waals surface area contributed by atoms with Crippen molar-refractivity contribution in [2.75, 3.05) is 6.54 Å². The molecule has 0 aromatic rings. The van der Waals surface area contributed by atoms with Gasteiger partial charge in [0.15, 0.2) is 0 Å². The summed E-state index contributed by atoms with van der Waals surface area (Å²) in [7, 11) is 0. The van der Waals surface area contributed by atoms with E-state index in [0.29, 0.717) is 0 Å². The van der Waals surface area contributed by atoms with Crippen LogP contribution < -0.4 is 22.7 Å². The van der Waals surface area contributed by atoms with Crippen LogP contribution in [0.15, 0.2) is 0 Å². The van der Waals surface area contributed by atoms with E-state index >= 15 is 0 Å². The molecule has 0 saturated heterocycles. The van der Waals surface area contributed by atoms with Gasteiger partial charge in [-0.2, -0.15) is 0 Å². The molecule has 2 atom stereocenters. The molecule has 1 rings (SSSR count). The molecular formula is C16H34BrN. The monoisotopic (exact) mass is 319 g/mol. The lowest BCUT2D eigenvalue weighted by atomic mass is 10.0. The minimum absolute atomic E-state index is 0. The van der Waals surface area contributed by atoms with Crippen LogP contribution in [0, 0.1) is 11.8 Å². The van der Waals surface area contributed by atoms with Gasteiger partial charge >= 0.3 is 0 Å². The molecule has 1 aliphatic rings. The molecule has 2 heteroatoms. The molecule has 0 aliphatic heterocycles. The molecule has 0 radical (unpaired) electrons. The highest BCUT2D eigenvalue weighted by Gasteiger charge is 2.36. The Morgan fingerprint density at radius 3 is 1.72 bits per heavy atom. The zero-order chi connectivity index (χ0) is 12.3. The van der Waals surface area contributed by atoms with Crippen LogP contribution in [0.1, 0.15) is 84.0 Å². The van der Waals surface area contributed by atoms with E-state index in [1.54, 1.807) is 0 Å². The van der Waals surface area contributed by atoms with Crippen molar-refractivity contribution in [1.29, 1.82) is 0 Å². The van der Waals surface area contributed by atoms with Gasteiger partial charge in [0, 0.05) is 5.92 Å². The molecule has 18 heavy (non-hydrogen) atoms. The molecule has 1 saturated carbocycles. The van der Waals surface area contributed by atoms with Crippen molar-refractivity contribution < 1.29 is 22.7 Å². The van der Waals surface area contributed by atoms with Crippen LogP contribution >= 0.6 is 0 Å². The highest BCUT2D eigenvalue weighted by molar-refractivity contribution is 4.84. The Bertz CT molecular complexity index is 172. The third-order valence-corrected chi connectivity index (χ3v) is 4.37. The summed E-state index contributed by atoms with van der Waals surface area (Å²) >= 11 is 0. The van der Waals surface area contributed by atoms with Crippen LogP contribution in [-0.4, -0.2) is 6.54 Å². The van der Waals surface area contributed by atoms with Gasteiger partial charge in [-0.3, -0.25) is 0 Å². The lowest BCUT2D eigenvalue weighted by Crippen LogP contribution is -3.00. The summed E-state index contributed by atoms with van der Waals surface area (Å²) in [5, 5.41) is 0. The zero-order valence-corrected chi connectivity index (χ0v) is 14.0. The molecule has 0 heterocycles. The van der Waals surface area contributed by atoms with Crippen molar-refractivity contribution in [3.05, 3.63) is 0 Å². The molecule has 3 N–H and O–H groups in total. The summed E-state index contributed by atoms with van der Waals surface area (Å²) in [6, 6.07) is 0. The summed E-state index contributed by atoms with van der Waals surface area (Å²) < 4.78 is 0. The van der Waals surface area contributed by atoms with Crippen LogP contribution in [0.5, 0.6) is 0 Å². The SMILES string of the molecule is CCCCCCCCCCCCC1CC1C[NH3+].[Br-]. The Morgan fingerprint density at radius 2 is 1.28 bits per heavy atom. The summed E-state index contributed by atoms with van der Waals surface area (Å²) in [6.45, 7) is 3.47. The van der Waals surface area contributed by atoms with E-state index in [1.165, 1.54) is 83.6 Å². The molecule has 0 spiro atoms. The average Bonchev–Trinajstić information content (AvgIpc) is 3.10. The Morgan fingerprint density at radius 1 is 0.778 bits per heavy atom. The summed E-state index contributed by atoms with van der Waals surface area (Å²) in [4.78, 5) is 0. The van der Waals surface area contributed by atoms with E-state index in [-0.39, 0.29) is 17.0 Å². The van der Waals surface area contributed by atoms with E-state index in [9.17, 15) is 0 Å². The van der Waals surface area contributed by atoms with Gasteiger partial charge in [0.25, 0.3) is 0 Å². The maximum Gasteiger partial charge on any atom is 0.0771 e. The van der Waals surface area contributed by atoms with Gasteiger partial charge in [0.1, 0.15) is 0 Å².